The van der Waals surface area contributed by atoms with Crippen LogP contribution in [0.4, 0.5) is 0 Å². The second kappa shape index (κ2) is 19.0. The first-order chi connectivity index (χ1) is 14.2. The molecule has 0 spiro atoms. The first kappa shape index (κ1) is 26.0. The van der Waals surface area contributed by atoms with Crippen LogP contribution in [0.25, 0.3) is 0 Å². The number of unbranched alkanes of at least 4 members (excludes halogenated alkanes) is 17. The summed E-state index contributed by atoms with van der Waals surface area (Å²) in [7, 11) is 0. The van der Waals surface area contributed by atoms with Crippen molar-refractivity contribution in [2.45, 2.75) is 135 Å². The minimum absolute atomic E-state index is 0.258. The van der Waals surface area contributed by atoms with Crippen molar-refractivity contribution in [2.75, 3.05) is 0 Å². The van der Waals surface area contributed by atoms with Crippen LogP contribution in [0.15, 0.2) is 24.3 Å². The molecule has 0 saturated heterocycles. The topological polar surface area (TPSA) is 40.5 Å². The number of aliphatic hydroxyl groups is 1. The lowest BCUT2D eigenvalue weighted by molar-refractivity contribution is 0.163. The summed E-state index contributed by atoms with van der Waals surface area (Å²) in [6.07, 6.45) is 25.3. The lowest BCUT2D eigenvalue weighted by atomic mass is 10.0. The Morgan fingerprint density at radius 1 is 0.552 bits per heavy atom. The van der Waals surface area contributed by atoms with E-state index in [0.717, 1.165) is 18.4 Å². The Bertz CT molecular complexity index is 454. The molecule has 0 saturated carbocycles. The Labute approximate surface area is 181 Å². The van der Waals surface area contributed by atoms with E-state index >= 15 is 0 Å². The van der Waals surface area contributed by atoms with Gasteiger partial charge in [0.05, 0.1) is 6.10 Å². The summed E-state index contributed by atoms with van der Waals surface area (Å²) in [4.78, 5) is 0. The third-order valence-electron chi connectivity index (χ3n) is 6.11. The molecule has 0 aliphatic carbocycles. The lowest BCUT2D eigenvalue weighted by Gasteiger charge is -2.10. The number of rotatable bonds is 20. The number of aliphatic hydroxyl groups excluding tert-OH is 1. The van der Waals surface area contributed by atoms with Gasteiger partial charge in [-0.25, -0.2) is 0 Å². The predicted octanol–water partition coefficient (Wildman–Crippen LogP) is 8.86. The van der Waals surface area contributed by atoms with E-state index in [-0.39, 0.29) is 5.75 Å². The average Bonchev–Trinajstić information content (AvgIpc) is 2.73. The third-order valence-corrected chi connectivity index (χ3v) is 6.11. The molecule has 168 valence electrons. The number of benzene rings is 1. The molecule has 2 N–H and O–H groups in total. The van der Waals surface area contributed by atoms with Gasteiger partial charge in [0, 0.05) is 0 Å². The highest BCUT2D eigenvalue weighted by Crippen LogP contribution is 2.22. The normalized spacial score (nSPS) is 12.3. The first-order valence-corrected chi connectivity index (χ1v) is 12.7. The van der Waals surface area contributed by atoms with Crippen LogP contribution in [0.1, 0.15) is 141 Å². The molecule has 0 fully saturated rings. The van der Waals surface area contributed by atoms with Crippen molar-refractivity contribution in [1.29, 1.82) is 0 Å². The Balaban J connectivity index is 1.76. The molecule has 0 aromatic heterocycles. The molecule has 0 bridgehead atoms. The Hall–Kier alpha value is -1.02. The number of hydrogen-bond acceptors (Lipinski definition) is 2. The zero-order chi connectivity index (χ0) is 21.0. The first-order valence-electron chi connectivity index (χ1n) is 12.7. The molecule has 1 aromatic rings. The van der Waals surface area contributed by atoms with Gasteiger partial charge in [-0.05, 0) is 24.1 Å². The van der Waals surface area contributed by atoms with Gasteiger partial charge in [-0.1, -0.05) is 135 Å². The van der Waals surface area contributed by atoms with Crippen molar-refractivity contribution in [3.63, 3.8) is 0 Å². The van der Waals surface area contributed by atoms with Crippen LogP contribution in [0.5, 0.6) is 5.75 Å². The molecule has 29 heavy (non-hydrogen) atoms. The van der Waals surface area contributed by atoms with E-state index in [0.29, 0.717) is 0 Å². The fraction of sp³-hybridized carbons (Fsp3) is 0.778. The van der Waals surface area contributed by atoms with Crippen LogP contribution in [-0.4, -0.2) is 10.2 Å². The van der Waals surface area contributed by atoms with Crippen LogP contribution in [0, 0.1) is 0 Å². The summed E-state index contributed by atoms with van der Waals surface area (Å²) < 4.78 is 0. The molecule has 0 radical (unpaired) electrons. The maximum atomic E-state index is 10.2. The minimum atomic E-state index is -0.392. The van der Waals surface area contributed by atoms with Gasteiger partial charge >= 0.3 is 0 Å². The standard InChI is InChI=1S/C27H48O2/c1-2-3-4-5-6-7-8-9-10-11-12-13-14-15-16-17-18-19-20-27(29)25-21-23-26(28)24-22-25/h21-24,27-29H,2-20H2,1H3. The SMILES string of the molecule is CCCCCCCCCCCCCCCCCCCCC(O)c1ccc(O)cc1. The Kier molecular flexibility index (Phi) is 17.0. The third kappa shape index (κ3) is 15.5. The second-order valence-electron chi connectivity index (χ2n) is 8.91. The Morgan fingerprint density at radius 3 is 1.28 bits per heavy atom. The molecule has 1 atom stereocenters. The summed E-state index contributed by atoms with van der Waals surface area (Å²) in [6.45, 7) is 2.29. The van der Waals surface area contributed by atoms with Crippen LogP contribution in [0.2, 0.25) is 0 Å². The lowest BCUT2D eigenvalue weighted by Crippen LogP contribution is -1.96. The molecule has 1 rings (SSSR count). The van der Waals surface area contributed by atoms with Gasteiger partial charge in [-0.3, -0.25) is 0 Å². The largest absolute Gasteiger partial charge is 0.508 e. The highest BCUT2D eigenvalue weighted by Gasteiger charge is 2.06. The zero-order valence-electron chi connectivity index (χ0n) is 19.2. The number of phenolic OH excluding ortho intramolecular Hbond substituents is 1. The molecule has 2 nitrogen and oxygen atoms in total. The van der Waals surface area contributed by atoms with E-state index in [9.17, 15) is 10.2 Å². The highest BCUT2D eigenvalue weighted by molar-refractivity contribution is 5.27. The molecular weight excluding hydrogens is 356 g/mol. The van der Waals surface area contributed by atoms with Crippen molar-refractivity contribution in [2.24, 2.45) is 0 Å². The van der Waals surface area contributed by atoms with E-state index in [1.165, 1.54) is 109 Å². The summed E-state index contributed by atoms with van der Waals surface area (Å²) >= 11 is 0. The molecule has 0 aliphatic heterocycles. The van der Waals surface area contributed by atoms with E-state index in [1.54, 1.807) is 12.1 Å². The number of aromatic hydroxyl groups is 1. The molecule has 2 heteroatoms. The van der Waals surface area contributed by atoms with Gasteiger partial charge in [-0.2, -0.15) is 0 Å². The van der Waals surface area contributed by atoms with Gasteiger partial charge in [-0.15, -0.1) is 0 Å². The maximum Gasteiger partial charge on any atom is 0.115 e. The van der Waals surface area contributed by atoms with Crippen LogP contribution in [0.3, 0.4) is 0 Å². The monoisotopic (exact) mass is 404 g/mol. The zero-order valence-corrected chi connectivity index (χ0v) is 19.2. The molecular formula is C27H48O2. The summed E-state index contributed by atoms with van der Waals surface area (Å²) in [5.41, 5.74) is 0.912. The quantitative estimate of drug-likeness (QED) is 0.213. The maximum absolute atomic E-state index is 10.2. The van der Waals surface area contributed by atoms with Crippen LogP contribution in [-0.2, 0) is 0 Å². The molecule has 0 amide bonds. The minimum Gasteiger partial charge on any atom is -0.508 e. The summed E-state index contributed by atoms with van der Waals surface area (Å²) in [5, 5.41) is 19.5. The summed E-state index contributed by atoms with van der Waals surface area (Å²) in [5.74, 6) is 0.258. The van der Waals surface area contributed by atoms with E-state index < -0.39 is 6.10 Å². The van der Waals surface area contributed by atoms with E-state index in [1.807, 2.05) is 12.1 Å². The molecule has 0 aliphatic rings. The average molecular weight is 405 g/mol. The smallest absolute Gasteiger partial charge is 0.115 e. The van der Waals surface area contributed by atoms with Gasteiger partial charge in [0.15, 0.2) is 0 Å². The second-order valence-corrected chi connectivity index (χ2v) is 8.91. The fourth-order valence-corrected chi connectivity index (χ4v) is 4.10. The van der Waals surface area contributed by atoms with Crippen LogP contribution < -0.4 is 0 Å². The van der Waals surface area contributed by atoms with Crippen molar-refractivity contribution in [3.05, 3.63) is 29.8 Å². The number of phenols is 1. The molecule has 0 heterocycles. The van der Waals surface area contributed by atoms with Gasteiger partial charge < -0.3 is 10.2 Å². The van der Waals surface area contributed by atoms with Crippen molar-refractivity contribution in [1.82, 2.24) is 0 Å². The van der Waals surface area contributed by atoms with E-state index in [2.05, 4.69) is 6.92 Å². The molecule has 1 unspecified atom stereocenters. The predicted molar refractivity (Wildman–Crippen MR) is 126 cm³/mol. The Morgan fingerprint density at radius 2 is 0.897 bits per heavy atom. The van der Waals surface area contributed by atoms with Crippen molar-refractivity contribution >= 4 is 0 Å². The van der Waals surface area contributed by atoms with E-state index in [4.69, 9.17) is 0 Å². The fourth-order valence-electron chi connectivity index (χ4n) is 4.10. The molecule has 1 aromatic carbocycles. The van der Waals surface area contributed by atoms with Gasteiger partial charge in [0.2, 0.25) is 0 Å². The van der Waals surface area contributed by atoms with Crippen molar-refractivity contribution < 1.29 is 10.2 Å². The van der Waals surface area contributed by atoms with Crippen LogP contribution >= 0.6 is 0 Å². The summed E-state index contributed by atoms with van der Waals surface area (Å²) in [6, 6.07) is 6.92. The van der Waals surface area contributed by atoms with Gasteiger partial charge in [0.25, 0.3) is 0 Å². The highest BCUT2D eigenvalue weighted by atomic mass is 16.3. The van der Waals surface area contributed by atoms with Crippen molar-refractivity contribution in [3.8, 4) is 5.75 Å². The number of hydrogen-bond donors (Lipinski definition) is 2. The van der Waals surface area contributed by atoms with Gasteiger partial charge in [0.1, 0.15) is 5.75 Å².